The summed E-state index contributed by atoms with van der Waals surface area (Å²) in [6.07, 6.45) is 1.87. The fourth-order valence-corrected chi connectivity index (χ4v) is 2.50. The molecule has 0 saturated carbocycles. The molecule has 28 heavy (non-hydrogen) atoms. The lowest BCUT2D eigenvalue weighted by molar-refractivity contribution is -0.121. The van der Waals surface area contributed by atoms with Crippen molar-refractivity contribution >= 4 is 11.8 Å². The third kappa shape index (κ3) is 5.95. The van der Waals surface area contributed by atoms with Crippen LogP contribution in [0.5, 0.6) is 11.5 Å². The van der Waals surface area contributed by atoms with Crippen molar-refractivity contribution in [1.29, 1.82) is 0 Å². The average molecular weight is 375 g/mol. The van der Waals surface area contributed by atoms with Crippen LogP contribution in [0.2, 0.25) is 0 Å². The van der Waals surface area contributed by atoms with Crippen LogP contribution < -0.4 is 15.4 Å². The number of hydrogen-bond donors (Lipinski definition) is 2. The van der Waals surface area contributed by atoms with Gasteiger partial charge in [0.1, 0.15) is 11.5 Å². The van der Waals surface area contributed by atoms with Crippen molar-refractivity contribution in [3.05, 3.63) is 90.3 Å². The van der Waals surface area contributed by atoms with Gasteiger partial charge in [-0.15, -0.1) is 0 Å². The van der Waals surface area contributed by atoms with E-state index in [1.807, 2.05) is 48.5 Å². The van der Waals surface area contributed by atoms with Gasteiger partial charge in [-0.25, -0.2) is 0 Å². The molecule has 0 atom stereocenters. The van der Waals surface area contributed by atoms with E-state index in [0.717, 1.165) is 5.69 Å². The normalized spacial score (nSPS) is 10.1. The molecule has 2 N–H and O–H groups in total. The van der Waals surface area contributed by atoms with Gasteiger partial charge in [0.2, 0.25) is 5.91 Å². The number of rotatable bonds is 8. The monoisotopic (exact) mass is 375 g/mol. The first kappa shape index (κ1) is 19.1. The number of carbonyl (C=O) groups is 2. The summed E-state index contributed by atoms with van der Waals surface area (Å²) in [5, 5.41) is 5.52. The van der Waals surface area contributed by atoms with E-state index in [9.17, 15) is 9.59 Å². The molecule has 0 aliphatic heterocycles. The predicted molar refractivity (Wildman–Crippen MR) is 106 cm³/mol. The molecule has 1 aromatic heterocycles. The number of para-hydroxylation sites is 1. The molecule has 2 amide bonds. The summed E-state index contributed by atoms with van der Waals surface area (Å²) < 4.78 is 5.74. The van der Waals surface area contributed by atoms with Gasteiger partial charge >= 0.3 is 0 Å². The summed E-state index contributed by atoms with van der Waals surface area (Å²) in [4.78, 5) is 28.3. The number of hydrogen-bond acceptors (Lipinski definition) is 4. The maximum Gasteiger partial charge on any atom is 0.251 e. The molecule has 2 aromatic carbocycles. The van der Waals surface area contributed by atoms with Crippen LogP contribution in [0.1, 0.15) is 22.5 Å². The van der Waals surface area contributed by atoms with Crippen LogP contribution in [-0.2, 0) is 11.3 Å². The van der Waals surface area contributed by atoms with Crippen LogP contribution in [0.25, 0.3) is 0 Å². The Kier molecular flexibility index (Phi) is 6.73. The lowest BCUT2D eigenvalue weighted by Crippen LogP contribution is -2.30. The van der Waals surface area contributed by atoms with Gasteiger partial charge in [0.25, 0.3) is 5.91 Å². The van der Waals surface area contributed by atoms with Gasteiger partial charge in [-0.3, -0.25) is 14.6 Å². The van der Waals surface area contributed by atoms with Crippen molar-refractivity contribution in [3.63, 3.8) is 0 Å². The molecule has 0 bridgehead atoms. The first-order valence-electron chi connectivity index (χ1n) is 8.98. The van der Waals surface area contributed by atoms with Crippen molar-refractivity contribution in [2.24, 2.45) is 0 Å². The zero-order chi connectivity index (χ0) is 19.6. The first-order chi connectivity index (χ1) is 13.7. The minimum Gasteiger partial charge on any atom is -0.457 e. The Bertz CT molecular complexity index is 915. The van der Waals surface area contributed by atoms with Crippen LogP contribution in [0.15, 0.2) is 79.0 Å². The van der Waals surface area contributed by atoms with Crippen molar-refractivity contribution in [2.45, 2.75) is 13.0 Å². The third-order valence-electron chi connectivity index (χ3n) is 3.91. The Balaban J connectivity index is 1.44. The van der Waals surface area contributed by atoms with Gasteiger partial charge in [0.15, 0.2) is 0 Å². The molecule has 142 valence electrons. The van der Waals surface area contributed by atoms with Crippen LogP contribution in [-0.4, -0.2) is 23.3 Å². The largest absolute Gasteiger partial charge is 0.457 e. The molecule has 1 heterocycles. The molecule has 6 heteroatoms. The van der Waals surface area contributed by atoms with E-state index < -0.39 is 0 Å². The van der Waals surface area contributed by atoms with Crippen molar-refractivity contribution in [3.8, 4) is 11.5 Å². The van der Waals surface area contributed by atoms with E-state index in [4.69, 9.17) is 4.74 Å². The van der Waals surface area contributed by atoms with Gasteiger partial charge < -0.3 is 15.4 Å². The maximum atomic E-state index is 12.3. The van der Waals surface area contributed by atoms with Crippen LogP contribution in [0.3, 0.4) is 0 Å². The zero-order valence-corrected chi connectivity index (χ0v) is 15.3. The summed E-state index contributed by atoms with van der Waals surface area (Å²) >= 11 is 0. The molecule has 0 radical (unpaired) electrons. The number of benzene rings is 2. The van der Waals surface area contributed by atoms with Crippen molar-refractivity contribution in [1.82, 2.24) is 15.6 Å². The summed E-state index contributed by atoms with van der Waals surface area (Å²) in [7, 11) is 0. The smallest absolute Gasteiger partial charge is 0.251 e. The summed E-state index contributed by atoms with van der Waals surface area (Å²) in [6, 6.07) is 21.8. The highest BCUT2D eigenvalue weighted by atomic mass is 16.5. The Morgan fingerprint density at radius 3 is 2.43 bits per heavy atom. The highest BCUT2D eigenvalue weighted by Gasteiger charge is 2.08. The molecular formula is C22H21N3O3. The quantitative estimate of drug-likeness (QED) is 0.633. The summed E-state index contributed by atoms with van der Waals surface area (Å²) in [5.41, 5.74) is 1.26. The molecule has 3 rings (SSSR count). The first-order valence-corrected chi connectivity index (χ1v) is 8.98. The fourth-order valence-electron chi connectivity index (χ4n) is 2.50. The third-order valence-corrected chi connectivity index (χ3v) is 3.91. The van der Waals surface area contributed by atoms with Gasteiger partial charge in [-0.2, -0.15) is 0 Å². The Morgan fingerprint density at radius 1 is 0.857 bits per heavy atom. The van der Waals surface area contributed by atoms with E-state index in [1.54, 1.807) is 30.5 Å². The number of nitrogens with one attached hydrogen (secondary N) is 2. The summed E-state index contributed by atoms with van der Waals surface area (Å²) in [6.45, 7) is 0.614. The lowest BCUT2D eigenvalue weighted by atomic mass is 10.2. The van der Waals surface area contributed by atoms with Gasteiger partial charge in [0, 0.05) is 24.7 Å². The van der Waals surface area contributed by atoms with Crippen molar-refractivity contribution in [2.75, 3.05) is 6.54 Å². The van der Waals surface area contributed by atoms with Gasteiger partial charge in [0.05, 0.1) is 12.2 Å². The van der Waals surface area contributed by atoms with E-state index >= 15 is 0 Å². The topological polar surface area (TPSA) is 80.3 Å². The number of ether oxygens (including phenoxy) is 1. The molecular weight excluding hydrogens is 354 g/mol. The summed E-state index contributed by atoms with van der Waals surface area (Å²) in [5.74, 6) is 0.875. The fraction of sp³-hybridized carbons (Fsp3) is 0.136. The lowest BCUT2D eigenvalue weighted by Gasteiger charge is -2.09. The number of nitrogens with zero attached hydrogens (tertiary/aromatic N) is 1. The molecule has 3 aromatic rings. The Hall–Kier alpha value is -3.67. The Labute approximate surface area is 163 Å². The predicted octanol–water partition coefficient (Wildman–Crippen LogP) is 3.31. The molecule has 6 nitrogen and oxygen atoms in total. The average Bonchev–Trinajstić information content (AvgIpc) is 2.74. The molecule has 0 unspecified atom stereocenters. The van der Waals surface area contributed by atoms with E-state index in [1.165, 1.54) is 0 Å². The van der Waals surface area contributed by atoms with Crippen LogP contribution in [0.4, 0.5) is 0 Å². The molecule has 0 fully saturated rings. The van der Waals surface area contributed by atoms with E-state index in [2.05, 4.69) is 15.6 Å². The second-order valence-electron chi connectivity index (χ2n) is 6.05. The van der Waals surface area contributed by atoms with E-state index in [-0.39, 0.29) is 24.8 Å². The van der Waals surface area contributed by atoms with Gasteiger partial charge in [-0.1, -0.05) is 30.3 Å². The number of amides is 2. The number of pyridine rings is 1. The number of carbonyl (C=O) groups excluding carboxylic acids is 2. The highest BCUT2D eigenvalue weighted by Crippen LogP contribution is 2.21. The highest BCUT2D eigenvalue weighted by molar-refractivity contribution is 5.94. The molecule has 0 saturated heterocycles. The van der Waals surface area contributed by atoms with Crippen LogP contribution in [0, 0.1) is 0 Å². The minimum atomic E-state index is -0.254. The van der Waals surface area contributed by atoms with Crippen molar-refractivity contribution < 1.29 is 14.3 Å². The standard InChI is InChI=1S/C22H21N3O3/c26-21(25-16-18-8-4-5-13-23-18)12-14-24-22(27)17-7-6-11-20(15-17)28-19-9-2-1-3-10-19/h1-11,13,15H,12,14,16H2,(H,24,27)(H,25,26). The van der Waals surface area contributed by atoms with E-state index in [0.29, 0.717) is 23.6 Å². The molecule has 0 aliphatic rings. The molecule has 0 spiro atoms. The second kappa shape index (κ2) is 9.87. The zero-order valence-electron chi connectivity index (χ0n) is 15.3. The minimum absolute atomic E-state index is 0.146. The Morgan fingerprint density at radius 2 is 1.64 bits per heavy atom. The maximum absolute atomic E-state index is 12.3. The van der Waals surface area contributed by atoms with Crippen LogP contribution >= 0.6 is 0 Å². The SMILES string of the molecule is O=C(CCNC(=O)c1cccc(Oc2ccccc2)c1)NCc1ccccn1. The second-order valence-corrected chi connectivity index (χ2v) is 6.05. The molecule has 0 aliphatic carbocycles. The number of aromatic nitrogens is 1. The van der Waals surface area contributed by atoms with Gasteiger partial charge in [-0.05, 0) is 42.5 Å².